The lowest BCUT2D eigenvalue weighted by atomic mass is 10.2. The Balaban J connectivity index is 2.17. The Morgan fingerprint density at radius 2 is 2.00 bits per heavy atom. The Morgan fingerprint density at radius 1 is 1.30 bits per heavy atom. The van der Waals surface area contributed by atoms with Gasteiger partial charge >= 0.3 is 5.97 Å². The van der Waals surface area contributed by atoms with E-state index in [4.69, 9.17) is 14.9 Å². The number of likely N-dealkylation sites (N-methyl/N-ethyl adjacent to an activating group) is 1. The van der Waals surface area contributed by atoms with Gasteiger partial charge in [0.05, 0.1) is 0 Å². The summed E-state index contributed by atoms with van der Waals surface area (Å²) in [5.41, 5.74) is 6.77. The molecule has 1 unspecified atom stereocenters. The molecule has 1 aromatic heterocycles. The normalized spacial score (nSPS) is 12.2. The summed E-state index contributed by atoms with van der Waals surface area (Å²) < 4.78 is 10.4. The van der Waals surface area contributed by atoms with Gasteiger partial charge in [-0.2, -0.15) is 0 Å². The molecule has 106 valence electrons. The van der Waals surface area contributed by atoms with Crippen molar-refractivity contribution in [3.63, 3.8) is 0 Å². The number of hydrogen-bond donors (Lipinski definition) is 1. The second-order valence-corrected chi connectivity index (χ2v) is 4.69. The van der Waals surface area contributed by atoms with Crippen LogP contribution in [0.3, 0.4) is 0 Å². The Hall–Kier alpha value is -2.50. The number of nitrogen functional groups attached to an aromatic ring is 1. The van der Waals surface area contributed by atoms with Crippen LogP contribution in [-0.4, -0.2) is 37.0 Å². The fourth-order valence-electron chi connectivity index (χ4n) is 1.80. The van der Waals surface area contributed by atoms with Gasteiger partial charge in [-0.3, -0.25) is 4.79 Å². The van der Waals surface area contributed by atoms with Crippen molar-refractivity contribution in [2.75, 3.05) is 19.8 Å². The number of nitrogens with two attached hydrogens (primary N) is 1. The van der Waals surface area contributed by atoms with Crippen molar-refractivity contribution in [3.05, 3.63) is 30.0 Å². The fourth-order valence-corrected chi connectivity index (χ4v) is 1.80. The first-order valence-electron chi connectivity index (χ1n) is 6.09. The smallest absolute Gasteiger partial charge is 0.375 e. The van der Waals surface area contributed by atoms with Gasteiger partial charge in [-0.25, -0.2) is 4.79 Å². The minimum atomic E-state index is -0.865. The molecular weight excluding hydrogens is 260 g/mol. The third kappa shape index (κ3) is 2.74. The van der Waals surface area contributed by atoms with Crippen molar-refractivity contribution in [2.24, 2.45) is 0 Å². The molecule has 1 atom stereocenters. The van der Waals surface area contributed by atoms with Crippen LogP contribution in [0, 0.1) is 0 Å². The van der Waals surface area contributed by atoms with Gasteiger partial charge in [0.2, 0.25) is 5.76 Å². The van der Waals surface area contributed by atoms with Gasteiger partial charge in [0.25, 0.3) is 5.91 Å². The number of furan rings is 1. The van der Waals surface area contributed by atoms with Crippen molar-refractivity contribution in [1.82, 2.24) is 4.90 Å². The average Bonchev–Trinajstić information content (AvgIpc) is 2.80. The van der Waals surface area contributed by atoms with Crippen LogP contribution in [0.15, 0.2) is 28.7 Å². The molecule has 0 fully saturated rings. The lowest BCUT2D eigenvalue weighted by molar-refractivity contribution is -0.137. The Bertz CT molecular complexity index is 660. The molecule has 1 amide bonds. The highest BCUT2D eigenvalue weighted by molar-refractivity contribution is 5.94. The molecule has 2 rings (SSSR count). The van der Waals surface area contributed by atoms with E-state index >= 15 is 0 Å². The van der Waals surface area contributed by atoms with Crippen LogP contribution in [-0.2, 0) is 9.53 Å². The summed E-state index contributed by atoms with van der Waals surface area (Å²) in [6.45, 7) is 1.51. The molecule has 2 aromatic rings. The molecule has 1 heterocycles. The molecule has 0 aliphatic rings. The number of amides is 1. The maximum absolute atomic E-state index is 11.9. The largest absolute Gasteiger partial charge is 0.449 e. The zero-order valence-electron chi connectivity index (χ0n) is 11.5. The molecule has 0 radical (unpaired) electrons. The van der Waals surface area contributed by atoms with Gasteiger partial charge < -0.3 is 19.8 Å². The van der Waals surface area contributed by atoms with E-state index in [1.54, 1.807) is 38.4 Å². The molecule has 0 saturated heterocycles. The minimum Gasteiger partial charge on any atom is -0.449 e. The summed E-state index contributed by atoms with van der Waals surface area (Å²) in [4.78, 5) is 24.9. The molecule has 0 spiro atoms. The van der Waals surface area contributed by atoms with Crippen LogP contribution in [0.1, 0.15) is 17.5 Å². The number of fused-ring (bicyclic) bond motifs is 1. The summed E-state index contributed by atoms with van der Waals surface area (Å²) in [6.07, 6.45) is -0.865. The molecule has 2 N–H and O–H groups in total. The van der Waals surface area contributed by atoms with Gasteiger partial charge in [0.15, 0.2) is 6.10 Å². The van der Waals surface area contributed by atoms with Crippen LogP contribution in [0.5, 0.6) is 0 Å². The van der Waals surface area contributed by atoms with Crippen LogP contribution in [0.2, 0.25) is 0 Å². The van der Waals surface area contributed by atoms with E-state index in [0.29, 0.717) is 16.7 Å². The molecule has 0 bridgehead atoms. The zero-order chi connectivity index (χ0) is 14.9. The number of anilines is 1. The molecule has 0 saturated carbocycles. The number of nitrogens with zero attached hydrogens (tertiary/aromatic N) is 1. The summed E-state index contributed by atoms with van der Waals surface area (Å²) in [5.74, 6) is -0.926. The molecule has 20 heavy (non-hydrogen) atoms. The molecule has 0 aliphatic heterocycles. The molecule has 0 aliphatic carbocycles. The fraction of sp³-hybridized carbons (Fsp3) is 0.286. The minimum absolute atomic E-state index is 0.0454. The monoisotopic (exact) mass is 276 g/mol. The highest BCUT2D eigenvalue weighted by Crippen LogP contribution is 2.22. The topological polar surface area (TPSA) is 85.8 Å². The van der Waals surface area contributed by atoms with Gasteiger partial charge in [0, 0.05) is 25.2 Å². The van der Waals surface area contributed by atoms with E-state index in [1.165, 1.54) is 11.8 Å². The highest BCUT2D eigenvalue weighted by atomic mass is 16.6. The Labute approximate surface area is 116 Å². The molecule has 6 heteroatoms. The maximum Gasteiger partial charge on any atom is 0.375 e. The number of hydrogen-bond acceptors (Lipinski definition) is 5. The van der Waals surface area contributed by atoms with Crippen LogP contribution < -0.4 is 5.73 Å². The number of benzene rings is 1. The van der Waals surface area contributed by atoms with Crippen molar-refractivity contribution in [3.8, 4) is 0 Å². The van der Waals surface area contributed by atoms with E-state index in [1.807, 2.05) is 0 Å². The summed E-state index contributed by atoms with van der Waals surface area (Å²) in [6, 6.07) is 6.60. The van der Waals surface area contributed by atoms with E-state index < -0.39 is 12.1 Å². The van der Waals surface area contributed by atoms with Crippen LogP contribution in [0.25, 0.3) is 11.0 Å². The quantitative estimate of drug-likeness (QED) is 0.680. The van der Waals surface area contributed by atoms with E-state index in [-0.39, 0.29) is 11.7 Å². The summed E-state index contributed by atoms with van der Waals surface area (Å²) >= 11 is 0. The predicted octanol–water partition coefficient (Wildman–Crippen LogP) is 1.65. The lowest BCUT2D eigenvalue weighted by Gasteiger charge is -2.16. The molecular formula is C14H16N2O4. The first-order valence-corrected chi connectivity index (χ1v) is 6.09. The number of ether oxygens (including phenoxy) is 1. The second kappa shape index (κ2) is 5.24. The number of carbonyl (C=O) groups is 2. The van der Waals surface area contributed by atoms with Crippen molar-refractivity contribution in [2.45, 2.75) is 13.0 Å². The van der Waals surface area contributed by atoms with Crippen molar-refractivity contribution < 1.29 is 18.7 Å². The molecule has 6 nitrogen and oxygen atoms in total. The number of esters is 1. The zero-order valence-corrected chi connectivity index (χ0v) is 11.5. The second-order valence-electron chi connectivity index (χ2n) is 4.69. The van der Waals surface area contributed by atoms with Gasteiger partial charge in [-0.15, -0.1) is 0 Å². The van der Waals surface area contributed by atoms with Gasteiger partial charge in [-0.1, -0.05) is 0 Å². The number of rotatable bonds is 3. The predicted molar refractivity (Wildman–Crippen MR) is 74.2 cm³/mol. The first kappa shape index (κ1) is 13.9. The van der Waals surface area contributed by atoms with Crippen molar-refractivity contribution >= 4 is 28.5 Å². The Morgan fingerprint density at radius 3 is 2.65 bits per heavy atom. The third-order valence-electron chi connectivity index (χ3n) is 2.81. The highest BCUT2D eigenvalue weighted by Gasteiger charge is 2.22. The standard InChI is InChI=1S/C14H16N2O4/c1-8(13(17)16(2)3)19-14(18)12-7-9-6-10(15)4-5-11(9)20-12/h4-8H,15H2,1-3H3. The van der Waals surface area contributed by atoms with E-state index in [0.717, 1.165) is 0 Å². The van der Waals surface area contributed by atoms with Gasteiger partial charge in [-0.05, 0) is 31.2 Å². The van der Waals surface area contributed by atoms with E-state index in [2.05, 4.69) is 0 Å². The van der Waals surface area contributed by atoms with Crippen molar-refractivity contribution in [1.29, 1.82) is 0 Å². The van der Waals surface area contributed by atoms with E-state index in [9.17, 15) is 9.59 Å². The average molecular weight is 276 g/mol. The maximum atomic E-state index is 11.9. The molecule has 1 aromatic carbocycles. The third-order valence-corrected chi connectivity index (χ3v) is 2.81. The van der Waals surface area contributed by atoms with Crippen LogP contribution in [0.4, 0.5) is 5.69 Å². The number of carbonyl (C=O) groups excluding carboxylic acids is 2. The summed E-state index contributed by atoms with van der Waals surface area (Å²) in [7, 11) is 3.19. The van der Waals surface area contributed by atoms with Gasteiger partial charge in [0.1, 0.15) is 5.58 Å². The summed E-state index contributed by atoms with van der Waals surface area (Å²) in [5, 5.41) is 0.712. The van der Waals surface area contributed by atoms with Crippen LogP contribution >= 0.6 is 0 Å². The Kier molecular flexibility index (Phi) is 3.65. The SMILES string of the molecule is CC(OC(=O)c1cc2cc(N)ccc2o1)C(=O)N(C)C. The lowest BCUT2D eigenvalue weighted by Crippen LogP contribution is -2.34. The first-order chi connectivity index (χ1) is 9.38.